The fourth-order valence-electron chi connectivity index (χ4n) is 1.55. The number of ether oxygens (including phenoxy) is 1. The lowest BCUT2D eigenvalue weighted by molar-refractivity contribution is -0.145. The highest BCUT2D eigenvalue weighted by Crippen LogP contribution is 2.10. The van der Waals surface area contributed by atoms with Crippen molar-refractivity contribution in [3.63, 3.8) is 0 Å². The zero-order valence-electron chi connectivity index (χ0n) is 11.1. The van der Waals surface area contributed by atoms with Gasteiger partial charge < -0.3 is 15.0 Å². The van der Waals surface area contributed by atoms with E-state index in [9.17, 15) is 14.0 Å². The largest absolute Gasteiger partial charge is 0.469 e. The van der Waals surface area contributed by atoms with Crippen molar-refractivity contribution in [2.45, 2.75) is 6.92 Å². The van der Waals surface area contributed by atoms with Gasteiger partial charge in [-0.25, -0.2) is 9.18 Å². The highest BCUT2D eigenvalue weighted by atomic mass is 19.1. The second-order valence-corrected chi connectivity index (χ2v) is 4.25. The van der Waals surface area contributed by atoms with Gasteiger partial charge in [-0.3, -0.25) is 4.79 Å². The first kappa shape index (κ1) is 14.9. The minimum Gasteiger partial charge on any atom is -0.469 e. The second kappa shape index (κ2) is 6.72. The van der Waals surface area contributed by atoms with E-state index in [2.05, 4.69) is 10.1 Å². The van der Waals surface area contributed by atoms with Crippen LogP contribution < -0.4 is 5.32 Å². The third-order valence-corrected chi connectivity index (χ3v) is 2.57. The molecule has 0 spiro atoms. The van der Waals surface area contributed by atoms with Gasteiger partial charge in [-0.1, -0.05) is 13.0 Å². The van der Waals surface area contributed by atoms with Crippen molar-refractivity contribution in [2.24, 2.45) is 5.92 Å². The van der Waals surface area contributed by atoms with Gasteiger partial charge >= 0.3 is 12.0 Å². The van der Waals surface area contributed by atoms with Crippen LogP contribution in [0.15, 0.2) is 24.3 Å². The van der Waals surface area contributed by atoms with Crippen molar-refractivity contribution in [1.29, 1.82) is 0 Å². The van der Waals surface area contributed by atoms with E-state index >= 15 is 0 Å². The van der Waals surface area contributed by atoms with Gasteiger partial charge in [-0.15, -0.1) is 0 Å². The lowest BCUT2D eigenvalue weighted by Crippen LogP contribution is -2.37. The molecule has 1 N–H and O–H groups in total. The van der Waals surface area contributed by atoms with Crippen LogP contribution in [0.2, 0.25) is 0 Å². The van der Waals surface area contributed by atoms with E-state index in [0.717, 1.165) is 0 Å². The second-order valence-electron chi connectivity index (χ2n) is 4.25. The normalized spacial score (nSPS) is 11.6. The summed E-state index contributed by atoms with van der Waals surface area (Å²) >= 11 is 0. The highest BCUT2D eigenvalue weighted by Gasteiger charge is 2.18. The number of anilines is 1. The summed E-state index contributed by atoms with van der Waals surface area (Å²) < 4.78 is 17.5. The third-order valence-electron chi connectivity index (χ3n) is 2.57. The fraction of sp³-hybridized carbons (Fsp3) is 0.385. The summed E-state index contributed by atoms with van der Waals surface area (Å²) in [7, 11) is 2.85. The van der Waals surface area contributed by atoms with Crippen molar-refractivity contribution in [2.75, 3.05) is 26.0 Å². The SMILES string of the molecule is COC(=O)C(C)CN(C)C(=O)Nc1cccc(F)c1. The van der Waals surface area contributed by atoms with E-state index in [4.69, 9.17) is 0 Å². The Labute approximate surface area is 111 Å². The van der Waals surface area contributed by atoms with Crippen molar-refractivity contribution in [3.05, 3.63) is 30.1 Å². The standard InChI is InChI=1S/C13H17FN2O3/c1-9(12(17)19-3)8-16(2)13(18)15-11-6-4-5-10(14)7-11/h4-7,9H,8H2,1-3H3,(H,15,18). The molecule has 0 saturated heterocycles. The predicted molar refractivity (Wildman–Crippen MR) is 69.2 cm³/mol. The van der Waals surface area contributed by atoms with Gasteiger partial charge in [0.15, 0.2) is 0 Å². The number of carbonyl (C=O) groups excluding carboxylic acids is 2. The zero-order chi connectivity index (χ0) is 14.4. The number of urea groups is 1. The van der Waals surface area contributed by atoms with Gasteiger partial charge in [0.05, 0.1) is 13.0 Å². The van der Waals surface area contributed by atoms with Crippen LogP contribution in [0.3, 0.4) is 0 Å². The fourth-order valence-corrected chi connectivity index (χ4v) is 1.55. The molecule has 1 rings (SSSR count). The molecule has 0 aliphatic rings. The predicted octanol–water partition coefficient (Wildman–Crippen LogP) is 2.10. The van der Waals surface area contributed by atoms with Crippen LogP contribution in [-0.4, -0.2) is 37.6 Å². The Morgan fingerprint density at radius 1 is 1.47 bits per heavy atom. The number of hydrogen-bond donors (Lipinski definition) is 1. The molecule has 0 aliphatic heterocycles. The van der Waals surface area contributed by atoms with E-state index in [1.807, 2.05) is 0 Å². The van der Waals surface area contributed by atoms with E-state index in [1.165, 1.54) is 30.2 Å². The number of nitrogens with zero attached hydrogens (tertiary/aromatic N) is 1. The molecule has 2 amide bonds. The smallest absolute Gasteiger partial charge is 0.321 e. The van der Waals surface area contributed by atoms with Gasteiger partial charge in [0.1, 0.15) is 5.82 Å². The minimum atomic E-state index is -0.427. The molecule has 6 heteroatoms. The number of carbonyl (C=O) groups is 2. The van der Waals surface area contributed by atoms with Crippen LogP contribution in [0.5, 0.6) is 0 Å². The van der Waals surface area contributed by atoms with Crippen LogP contribution in [0.1, 0.15) is 6.92 Å². The molecule has 0 aromatic heterocycles. The first-order chi connectivity index (χ1) is 8.93. The topological polar surface area (TPSA) is 58.6 Å². The Bertz CT molecular complexity index is 465. The first-order valence-electron chi connectivity index (χ1n) is 5.79. The van der Waals surface area contributed by atoms with Gasteiger partial charge in [0.25, 0.3) is 0 Å². The molecular weight excluding hydrogens is 251 g/mol. The first-order valence-corrected chi connectivity index (χ1v) is 5.79. The van der Waals surface area contributed by atoms with Crippen molar-refractivity contribution in [1.82, 2.24) is 4.90 Å². The highest BCUT2D eigenvalue weighted by molar-refractivity contribution is 5.89. The molecule has 1 atom stereocenters. The number of hydrogen-bond acceptors (Lipinski definition) is 3. The van der Waals surface area contributed by atoms with E-state index < -0.39 is 17.8 Å². The zero-order valence-corrected chi connectivity index (χ0v) is 11.1. The molecule has 0 aliphatic carbocycles. The van der Waals surface area contributed by atoms with Crippen molar-refractivity contribution >= 4 is 17.7 Å². The summed E-state index contributed by atoms with van der Waals surface area (Å²) in [5.74, 6) is -1.23. The third kappa shape index (κ3) is 4.57. The average molecular weight is 268 g/mol. The lowest BCUT2D eigenvalue weighted by atomic mass is 10.2. The number of amides is 2. The van der Waals surface area contributed by atoms with Crippen LogP contribution >= 0.6 is 0 Å². The molecule has 0 radical (unpaired) electrons. The Morgan fingerprint density at radius 2 is 2.16 bits per heavy atom. The molecule has 1 unspecified atom stereocenters. The summed E-state index contributed by atoms with van der Waals surface area (Å²) in [5.41, 5.74) is 0.363. The summed E-state index contributed by atoms with van der Waals surface area (Å²) in [5, 5.41) is 2.54. The quantitative estimate of drug-likeness (QED) is 0.851. The maximum atomic E-state index is 13.0. The maximum Gasteiger partial charge on any atom is 0.321 e. The van der Waals surface area contributed by atoms with Gasteiger partial charge in [0, 0.05) is 19.3 Å². The van der Waals surface area contributed by atoms with E-state index in [0.29, 0.717) is 5.69 Å². The van der Waals surface area contributed by atoms with Gasteiger partial charge in [0.2, 0.25) is 0 Å². The summed E-state index contributed by atoms with van der Waals surface area (Å²) in [6, 6.07) is 5.18. The van der Waals surface area contributed by atoms with E-state index in [1.54, 1.807) is 20.0 Å². The Kier molecular flexibility index (Phi) is 5.29. The maximum absolute atomic E-state index is 13.0. The minimum absolute atomic E-state index is 0.216. The molecule has 5 nitrogen and oxygen atoms in total. The molecule has 0 bridgehead atoms. The molecule has 104 valence electrons. The molecule has 0 saturated carbocycles. The number of rotatable bonds is 4. The summed E-state index contributed by atoms with van der Waals surface area (Å²) in [6.07, 6.45) is 0. The molecule has 1 aromatic carbocycles. The molecule has 0 fully saturated rings. The lowest BCUT2D eigenvalue weighted by Gasteiger charge is -2.20. The van der Waals surface area contributed by atoms with Crippen LogP contribution in [0, 0.1) is 11.7 Å². The van der Waals surface area contributed by atoms with Gasteiger partial charge in [-0.2, -0.15) is 0 Å². The molecule has 0 heterocycles. The number of halogens is 1. The monoisotopic (exact) mass is 268 g/mol. The number of methoxy groups -OCH3 is 1. The number of nitrogens with one attached hydrogen (secondary N) is 1. The van der Waals surface area contributed by atoms with E-state index in [-0.39, 0.29) is 12.5 Å². The van der Waals surface area contributed by atoms with Crippen LogP contribution in [-0.2, 0) is 9.53 Å². The summed E-state index contributed by atoms with van der Waals surface area (Å²) in [4.78, 5) is 24.4. The Balaban J connectivity index is 2.56. The number of esters is 1. The Morgan fingerprint density at radius 3 is 2.74 bits per heavy atom. The van der Waals surface area contributed by atoms with Crippen molar-refractivity contribution in [3.8, 4) is 0 Å². The Hall–Kier alpha value is -2.11. The van der Waals surface area contributed by atoms with Gasteiger partial charge in [-0.05, 0) is 18.2 Å². The molecule has 1 aromatic rings. The molecular formula is C13H17FN2O3. The average Bonchev–Trinajstić information content (AvgIpc) is 2.37. The molecule has 19 heavy (non-hydrogen) atoms. The number of benzene rings is 1. The van der Waals surface area contributed by atoms with Crippen molar-refractivity contribution < 1.29 is 18.7 Å². The van der Waals surface area contributed by atoms with Crippen LogP contribution in [0.25, 0.3) is 0 Å². The summed E-state index contributed by atoms with van der Waals surface area (Å²) in [6.45, 7) is 1.88. The van der Waals surface area contributed by atoms with Crippen LogP contribution in [0.4, 0.5) is 14.9 Å².